The Morgan fingerprint density at radius 2 is 2.00 bits per heavy atom. The van der Waals surface area contributed by atoms with Crippen molar-refractivity contribution in [1.82, 2.24) is 9.80 Å². The minimum absolute atomic E-state index is 0.0839. The van der Waals surface area contributed by atoms with Crippen LogP contribution < -0.4 is 4.74 Å². The first-order valence-electron chi connectivity index (χ1n) is 10.3. The topological polar surface area (TPSA) is 53.0 Å². The van der Waals surface area contributed by atoms with E-state index in [1.165, 1.54) is 16.0 Å². The maximum Gasteiger partial charge on any atom is 0.237 e. The summed E-state index contributed by atoms with van der Waals surface area (Å²) < 4.78 is 6.08. The lowest BCUT2D eigenvalue weighted by molar-refractivity contribution is -0.136. The first kappa shape index (κ1) is 21.8. The van der Waals surface area contributed by atoms with Gasteiger partial charge in [0.15, 0.2) is 0 Å². The number of fused-ring (bicyclic) bond motifs is 1. The lowest BCUT2D eigenvalue weighted by Gasteiger charge is -2.38. The number of carbonyl (C=O) groups excluding carboxylic acids is 1. The van der Waals surface area contributed by atoms with Gasteiger partial charge < -0.3 is 14.7 Å². The van der Waals surface area contributed by atoms with Crippen LogP contribution in [0, 0.1) is 6.92 Å². The highest BCUT2D eigenvalue weighted by Crippen LogP contribution is 2.34. The zero-order chi connectivity index (χ0) is 21.0. The Labute approximate surface area is 177 Å². The Morgan fingerprint density at radius 3 is 2.66 bits per heavy atom. The van der Waals surface area contributed by atoms with E-state index in [1.807, 2.05) is 34.1 Å². The van der Waals surface area contributed by atoms with Gasteiger partial charge in [-0.25, -0.2) is 0 Å². The number of benzene rings is 1. The molecule has 0 radical (unpaired) electrons. The Bertz CT molecular complexity index is 801. The first-order chi connectivity index (χ1) is 13.8. The number of aryl methyl sites for hydroxylation is 1. The molecule has 1 aliphatic rings. The van der Waals surface area contributed by atoms with Gasteiger partial charge in [0.05, 0.1) is 18.7 Å². The Kier molecular flexibility index (Phi) is 7.33. The predicted molar refractivity (Wildman–Crippen MR) is 118 cm³/mol. The fourth-order valence-electron chi connectivity index (χ4n) is 3.75. The summed E-state index contributed by atoms with van der Waals surface area (Å²) in [5.41, 5.74) is 2.40. The molecule has 0 bridgehead atoms. The number of nitrogens with zero attached hydrogens (tertiary/aromatic N) is 2. The van der Waals surface area contributed by atoms with Crippen LogP contribution >= 0.6 is 11.3 Å². The molecule has 2 aromatic rings. The van der Waals surface area contributed by atoms with Crippen LogP contribution in [-0.4, -0.2) is 59.2 Å². The molecule has 1 amide bonds. The Balaban J connectivity index is 1.74. The summed E-state index contributed by atoms with van der Waals surface area (Å²) in [5, 5.41) is 11.9. The van der Waals surface area contributed by atoms with E-state index in [4.69, 9.17) is 4.74 Å². The van der Waals surface area contributed by atoms with Crippen molar-refractivity contribution in [1.29, 1.82) is 0 Å². The first-order valence-corrected chi connectivity index (χ1v) is 11.2. The molecule has 1 aromatic heterocycles. The van der Waals surface area contributed by atoms with Crippen LogP contribution in [0.1, 0.15) is 42.8 Å². The summed E-state index contributed by atoms with van der Waals surface area (Å²) in [4.78, 5) is 18.6. The van der Waals surface area contributed by atoms with Gasteiger partial charge in [-0.1, -0.05) is 17.7 Å². The van der Waals surface area contributed by atoms with E-state index in [0.29, 0.717) is 26.2 Å². The number of thiophene rings is 1. The number of rotatable bonds is 8. The van der Waals surface area contributed by atoms with Gasteiger partial charge in [-0.05, 0) is 63.3 Å². The molecule has 0 spiro atoms. The quantitative estimate of drug-likeness (QED) is 0.714. The van der Waals surface area contributed by atoms with Crippen molar-refractivity contribution >= 4 is 17.2 Å². The Hall–Kier alpha value is -1.89. The van der Waals surface area contributed by atoms with Crippen LogP contribution in [0.25, 0.3) is 0 Å². The van der Waals surface area contributed by atoms with Crippen molar-refractivity contribution in [2.75, 3.05) is 26.2 Å². The molecule has 0 aliphatic carbocycles. The molecule has 29 heavy (non-hydrogen) atoms. The lowest BCUT2D eigenvalue weighted by atomic mass is 10.00. The van der Waals surface area contributed by atoms with Crippen molar-refractivity contribution in [2.45, 2.75) is 52.3 Å². The second-order valence-corrected chi connectivity index (χ2v) is 9.15. The van der Waals surface area contributed by atoms with Gasteiger partial charge in [-0.3, -0.25) is 9.69 Å². The molecule has 0 saturated heterocycles. The smallest absolute Gasteiger partial charge is 0.237 e. The zero-order valence-corrected chi connectivity index (χ0v) is 18.6. The lowest BCUT2D eigenvalue weighted by Crippen LogP contribution is -2.49. The van der Waals surface area contributed by atoms with Gasteiger partial charge in [0.2, 0.25) is 5.91 Å². The third kappa shape index (κ3) is 5.59. The van der Waals surface area contributed by atoms with Crippen molar-refractivity contribution in [3.05, 3.63) is 51.7 Å². The molecule has 0 unspecified atom stereocenters. The second-order valence-electron chi connectivity index (χ2n) is 8.15. The predicted octanol–water partition coefficient (Wildman–Crippen LogP) is 3.65. The molecular weight excluding hydrogens is 384 g/mol. The highest BCUT2D eigenvalue weighted by atomic mass is 32.1. The molecular formula is C23H32N2O3S. The molecule has 2 atom stereocenters. The average molecular weight is 417 g/mol. The largest absolute Gasteiger partial charge is 0.491 e. The zero-order valence-electron chi connectivity index (χ0n) is 17.8. The number of hydrogen-bond donors (Lipinski definition) is 1. The van der Waals surface area contributed by atoms with Crippen LogP contribution in [0.3, 0.4) is 0 Å². The minimum Gasteiger partial charge on any atom is -0.491 e. The minimum atomic E-state index is -0.462. The van der Waals surface area contributed by atoms with Crippen molar-refractivity contribution < 1.29 is 14.6 Å². The van der Waals surface area contributed by atoms with Gasteiger partial charge in [-0.15, -0.1) is 11.3 Å². The van der Waals surface area contributed by atoms with Crippen LogP contribution in [0.5, 0.6) is 5.75 Å². The normalized spacial score (nSPS) is 17.5. The van der Waals surface area contributed by atoms with E-state index in [9.17, 15) is 9.90 Å². The molecule has 6 heteroatoms. The maximum absolute atomic E-state index is 13.2. The molecule has 158 valence electrons. The molecule has 3 rings (SSSR count). The molecule has 1 aliphatic heterocycles. The van der Waals surface area contributed by atoms with Gasteiger partial charge in [0.1, 0.15) is 12.4 Å². The summed E-state index contributed by atoms with van der Waals surface area (Å²) >= 11 is 1.76. The Morgan fingerprint density at radius 1 is 1.28 bits per heavy atom. The fraction of sp³-hybridized carbons (Fsp3) is 0.522. The van der Waals surface area contributed by atoms with E-state index in [2.05, 4.69) is 32.2 Å². The SMILES string of the molecule is Cc1ccc(OC[C@@H]2c3ccsc3CCN2C(=O)CN(C[C@@H](C)O)C(C)C)cc1. The fourth-order valence-corrected chi connectivity index (χ4v) is 4.67. The van der Waals surface area contributed by atoms with Gasteiger partial charge in [0.25, 0.3) is 0 Å². The molecule has 2 heterocycles. The molecule has 1 N–H and O–H groups in total. The van der Waals surface area contributed by atoms with E-state index in [1.54, 1.807) is 18.3 Å². The van der Waals surface area contributed by atoms with E-state index < -0.39 is 6.10 Å². The van der Waals surface area contributed by atoms with Crippen molar-refractivity contribution in [3.8, 4) is 5.75 Å². The summed E-state index contributed by atoms with van der Waals surface area (Å²) in [6.45, 7) is 9.87. The van der Waals surface area contributed by atoms with Gasteiger partial charge >= 0.3 is 0 Å². The number of hydrogen-bond acceptors (Lipinski definition) is 5. The standard InChI is InChI=1S/C23H32N2O3S/c1-16(2)24(13-18(4)26)14-23(27)25-11-9-22-20(10-12-29-22)21(25)15-28-19-7-5-17(3)6-8-19/h5-8,10,12,16,18,21,26H,9,11,13-15H2,1-4H3/t18-,21-/m1/s1. The average Bonchev–Trinajstić information content (AvgIpc) is 3.15. The molecule has 0 fully saturated rings. The number of aliphatic hydroxyl groups is 1. The summed E-state index contributed by atoms with van der Waals surface area (Å²) in [7, 11) is 0. The summed E-state index contributed by atoms with van der Waals surface area (Å²) in [6.07, 6.45) is 0.424. The van der Waals surface area contributed by atoms with Gasteiger partial charge in [0, 0.05) is 24.0 Å². The molecule has 0 saturated carbocycles. The van der Waals surface area contributed by atoms with Crippen LogP contribution in [0.15, 0.2) is 35.7 Å². The second kappa shape index (κ2) is 9.74. The van der Waals surface area contributed by atoms with E-state index in [-0.39, 0.29) is 18.0 Å². The van der Waals surface area contributed by atoms with Crippen molar-refractivity contribution in [2.24, 2.45) is 0 Å². The molecule has 5 nitrogen and oxygen atoms in total. The summed E-state index contributed by atoms with van der Waals surface area (Å²) in [6, 6.07) is 10.2. The third-order valence-electron chi connectivity index (χ3n) is 5.41. The van der Waals surface area contributed by atoms with Crippen LogP contribution in [0.4, 0.5) is 0 Å². The maximum atomic E-state index is 13.2. The summed E-state index contributed by atoms with van der Waals surface area (Å²) in [5.74, 6) is 0.914. The van der Waals surface area contributed by atoms with E-state index >= 15 is 0 Å². The van der Waals surface area contributed by atoms with Crippen molar-refractivity contribution in [3.63, 3.8) is 0 Å². The number of amides is 1. The number of ether oxygens (including phenoxy) is 1. The highest BCUT2D eigenvalue weighted by molar-refractivity contribution is 7.10. The number of carbonyl (C=O) groups is 1. The van der Waals surface area contributed by atoms with Gasteiger partial charge in [-0.2, -0.15) is 0 Å². The number of aliphatic hydroxyl groups excluding tert-OH is 1. The molecule has 1 aromatic carbocycles. The third-order valence-corrected chi connectivity index (χ3v) is 6.41. The monoisotopic (exact) mass is 416 g/mol. The van der Waals surface area contributed by atoms with Crippen LogP contribution in [0.2, 0.25) is 0 Å². The highest BCUT2D eigenvalue weighted by Gasteiger charge is 2.33. The van der Waals surface area contributed by atoms with E-state index in [0.717, 1.165) is 12.2 Å². The van der Waals surface area contributed by atoms with Crippen LogP contribution in [-0.2, 0) is 11.2 Å².